The highest BCUT2D eigenvalue weighted by molar-refractivity contribution is 6.53. The van der Waals surface area contributed by atoms with Crippen LogP contribution in [0.4, 0.5) is 17.1 Å². The number of carbonyl (C=O) groups is 4. The van der Waals surface area contributed by atoms with Crippen LogP contribution in [0.15, 0.2) is 114 Å². The first-order valence-corrected chi connectivity index (χ1v) is 13.7. The summed E-state index contributed by atoms with van der Waals surface area (Å²) in [6, 6.07) is 28.4. The van der Waals surface area contributed by atoms with Gasteiger partial charge in [0.2, 0.25) is 0 Å². The van der Waals surface area contributed by atoms with Crippen LogP contribution >= 0.6 is 11.6 Å². The van der Waals surface area contributed by atoms with Gasteiger partial charge in [-0.05, 0) is 92.7 Å². The number of carbonyl (C=O) groups excluding carboxylic acids is 4. The quantitative estimate of drug-likeness (QED) is 0.163. The molecule has 0 bridgehead atoms. The van der Waals surface area contributed by atoms with E-state index >= 15 is 0 Å². The summed E-state index contributed by atoms with van der Waals surface area (Å²) in [6.45, 7) is 3.51. The molecule has 0 fully saturated rings. The maximum absolute atomic E-state index is 13.2. The van der Waals surface area contributed by atoms with E-state index in [1.807, 2.05) is 30.3 Å². The standard InChI is InChI=1S/C33H26ClN3O6/c1-20(2)42-33(41)22-7-6-8-24(19-22)36-30(38)21-11-13-23(14-12-21)35-29-28(34)31(39)37(32(29)40)25-15-17-27(18-16-25)43-26-9-4-3-5-10-26/h3-20,35H,1-2H3,(H,36,38). The molecule has 5 rings (SSSR count). The molecule has 0 saturated heterocycles. The first kappa shape index (κ1) is 29.1. The number of hydrogen-bond acceptors (Lipinski definition) is 7. The number of nitrogens with one attached hydrogen (secondary N) is 2. The summed E-state index contributed by atoms with van der Waals surface area (Å²) in [7, 11) is 0. The molecule has 4 aromatic carbocycles. The van der Waals surface area contributed by atoms with Gasteiger partial charge < -0.3 is 20.1 Å². The van der Waals surface area contributed by atoms with E-state index in [0.717, 1.165) is 4.90 Å². The predicted octanol–water partition coefficient (Wildman–Crippen LogP) is 6.73. The number of esters is 1. The van der Waals surface area contributed by atoms with Gasteiger partial charge in [0.15, 0.2) is 0 Å². The molecule has 4 aromatic rings. The van der Waals surface area contributed by atoms with Crippen LogP contribution in [0.5, 0.6) is 11.5 Å². The van der Waals surface area contributed by atoms with Gasteiger partial charge in [0.1, 0.15) is 22.2 Å². The van der Waals surface area contributed by atoms with Crippen molar-refractivity contribution in [3.05, 3.63) is 125 Å². The van der Waals surface area contributed by atoms with Crippen LogP contribution in [0.2, 0.25) is 0 Å². The Bertz CT molecular complexity index is 1720. The minimum Gasteiger partial charge on any atom is -0.459 e. The summed E-state index contributed by atoms with van der Waals surface area (Å²) in [5.74, 6) is -0.984. The number of nitrogens with zero attached hydrogens (tertiary/aromatic N) is 1. The normalized spacial score (nSPS) is 12.9. The van der Waals surface area contributed by atoms with E-state index in [-0.39, 0.29) is 16.8 Å². The van der Waals surface area contributed by atoms with Crippen molar-refractivity contribution in [2.45, 2.75) is 20.0 Å². The third kappa shape index (κ3) is 6.74. The van der Waals surface area contributed by atoms with Gasteiger partial charge in [0.25, 0.3) is 17.7 Å². The van der Waals surface area contributed by atoms with Crippen molar-refractivity contribution >= 4 is 52.4 Å². The number of para-hydroxylation sites is 1. The van der Waals surface area contributed by atoms with Crippen LogP contribution in [-0.2, 0) is 14.3 Å². The second-order valence-electron chi connectivity index (χ2n) is 9.74. The zero-order valence-corrected chi connectivity index (χ0v) is 23.9. The lowest BCUT2D eigenvalue weighted by molar-refractivity contribution is -0.120. The van der Waals surface area contributed by atoms with E-state index in [1.54, 1.807) is 80.6 Å². The third-order valence-corrected chi connectivity index (χ3v) is 6.57. The van der Waals surface area contributed by atoms with Crippen molar-refractivity contribution < 1.29 is 28.7 Å². The Labute approximate surface area is 252 Å². The first-order chi connectivity index (χ1) is 20.7. The largest absolute Gasteiger partial charge is 0.459 e. The van der Waals surface area contributed by atoms with Crippen LogP contribution in [-0.4, -0.2) is 29.8 Å². The molecule has 0 saturated carbocycles. The van der Waals surface area contributed by atoms with Gasteiger partial charge in [-0.2, -0.15) is 0 Å². The lowest BCUT2D eigenvalue weighted by atomic mass is 10.1. The average molecular weight is 596 g/mol. The number of ether oxygens (including phenoxy) is 2. The molecule has 2 N–H and O–H groups in total. The SMILES string of the molecule is CC(C)OC(=O)c1cccc(NC(=O)c2ccc(NC3=C(Cl)C(=O)N(c4ccc(Oc5ccccc5)cc4)C3=O)cc2)c1. The Morgan fingerprint density at radius 1 is 0.744 bits per heavy atom. The Hall–Kier alpha value is -5.41. The van der Waals surface area contributed by atoms with Crippen LogP contribution in [0, 0.1) is 0 Å². The lowest BCUT2D eigenvalue weighted by Gasteiger charge is -2.16. The topological polar surface area (TPSA) is 114 Å². The Morgan fingerprint density at radius 2 is 1.42 bits per heavy atom. The number of benzene rings is 4. The zero-order chi connectivity index (χ0) is 30.5. The number of rotatable bonds is 9. The fourth-order valence-corrected chi connectivity index (χ4v) is 4.40. The molecule has 0 aliphatic carbocycles. The second-order valence-corrected chi connectivity index (χ2v) is 10.1. The van der Waals surface area contributed by atoms with Gasteiger partial charge >= 0.3 is 5.97 Å². The molecule has 0 spiro atoms. The van der Waals surface area contributed by atoms with Gasteiger partial charge in [0.05, 0.1) is 17.4 Å². The molecule has 1 aliphatic heterocycles. The van der Waals surface area contributed by atoms with Gasteiger partial charge in [-0.3, -0.25) is 14.4 Å². The maximum Gasteiger partial charge on any atom is 0.338 e. The first-order valence-electron chi connectivity index (χ1n) is 13.3. The van der Waals surface area contributed by atoms with E-state index in [9.17, 15) is 19.2 Å². The number of halogens is 1. The van der Waals surface area contributed by atoms with Gasteiger partial charge in [0, 0.05) is 16.9 Å². The van der Waals surface area contributed by atoms with Gasteiger partial charge in [-0.1, -0.05) is 35.9 Å². The molecule has 1 heterocycles. The van der Waals surface area contributed by atoms with Crippen molar-refractivity contribution in [1.29, 1.82) is 0 Å². The minimum atomic E-state index is -0.665. The fraction of sp³-hybridized carbons (Fsp3) is 0.0909. The van der Waals surface area contributed by atoms with Crippen molar-refractivity contribution in [3.8, 4) is 11.5 Å². The molecule has 9 nitrogen and oxygen atoms in total. The van der Waals surface area contributed by atoms with Gasteiger partial charge in [-0.25, -0.2) is 9.69 Å². The van der Waals surface area contributed by atoms with E-state index in [0.29, 0.717) is 39.7 Å². The summed E-state index contributed by atoms with van der Waals surface area (Å²) >= 11 is 6.27. The predicted molar refractivity (Wildman–Crippen MR) is 163 cm³/mol. The molecule has 0 unspecified atom stereocenters. The molecule has 10 heteroatoms. The molecular weight excluding hydrogens is 570 g/mol. The average Bonchev–Trinajstić information content (AvgIpc) is 3.21. The Balaban J connectivity index is 1.23. The van der Waals surface area contributed by atoms with Crippen molar-refractivity contribution in [2.24, 2.45) is 0 Å². The third-order valence-electron chi connectivity index (χ3n) is 6.22. The highest BCUT2D eigenvalue weighted by atomic mass is 35.5. The number of hydrogen-bond donors (Lipinski definition) is 2. The smallest absolute Gasteiger partial charge is 0.338 e. The zero-order valence-electron chi connectivity index (χ0n) is 23.2. The van der Waals surface area contributed by atoms with E-state index < -0.39 is 23.7 Å². The minimum absolute atomic E-state index is 0.0846. The monoisotopic (exact) mass is 595 g/mol. The molecule has 1 aliphatic rings. The molecular formula is C33H26ClN3O6. The summed E-state index contributed by atoms with van der Waals surface area (Å²) in [5.41, 5.74) is 1.76. The van der Waals surface area contributed by atoms with E-state index in [1.165, 1.54) is 6.07 Å². The van der Waals surface area contributed by atoms with Crippen molar-refractivity contribution in [3.63, 3.8) is 0 Å². The highest BCUT2D eigenvalue weighted by Gasteiger charge is 2.39. The van der Waals surface area contributed by atoms with Crippen molar-refractivity contribution in [1.82, 2.24) is 0 Å². The molecule has 0 radical (unpaired) electrons. The summed E-state index contributed by atoms with van der Waals surface area (Å²) < 4.78 is 11.0. The molecule has 3 amide bonds. The molecule has 43 heavy (non-hydrogen) atoms. The Morgan fingerprint density at radius 3 is 2.09 bits per heavy atom. The number of anilines is 3. The Kier molecular flexibility index (Phi) is 8.54. The molecule has 0 atom stereocenters. The maximum atomic E-state index is 13.2. The highest BCUT2D eigenvalue weighted by Crippen LogP contribution is 2.32. The van der Waals surface area contributed by atoms with Crippen LogP contribution in [0.3, 0.4) is 0 Å². The second kappa shape index (κ2) is 12.6. The number of amides is 3. The molecule has 216 valence electrons. The van der Waals surface area contributed by atoms with E-state index in [4.69, 9.17) is 21.1 Å². The van der Waals surface area contributed by atoms with Gasteiger partial charge in [-0.15, -0.1) is 0 Å². The molecule has 0 aromatic heterocycles. The van der Waals surface area contributed by atoms with E-state index in [2.05, 4.69) is 10.6 Å². The van der Waals surface area contributed by atoms with Crippen LogP contribution in [0.25, 0.3) is 0 Å². The number of imide groups is 1. The van der Waals surface area contributed by atoms with Crippen molar-refractivity contribution in [2.75, 3.05) is 15.5 Å². The lowest BCUT2D eigenvalue weighted by Crippen LogP contribution is -2.32. The fourth-order valence-electron chi connectivity index (χ4n) is 4.19. The summed E-state index contributed by atoms with van der Waals surface area (Å²) in [5, 5.41) is 5.39. The van der Waals surface area contributed by atoms with Crippen LogP contribution < -0.4 is 20.3 Å². The van der Waals surface area contributed by atoms with Crippen LogP contribution in [0.1, 0.15) is 34.6 Å². The summed E-state index contributed by atoms with van der Waals surface area (Å²) in [6.07, 6.45) is -0.268. The summed E-state index contributed by atoms with van der Waals surface area (Å²) in [4.78, 5) is 52.0.